The number of anilines is 3. The first-order valence-corrected chi connectivity index (χ1v) is 8.44. The van der Waals surface area contributed by atoms with Gasteiger partial charge in [-0.15, -0.1) is 0 Å². The van der Waals surface area contributed by atoms with Crippen LogP contribution >= 0.6 is 0 Å². The number of hydrogen-bond acceptors (Lipinski definition) is 5. The van der Waals surface area contributed by atoms with Crippen molar-refractivity contribution in [1.29, 1.82) is 0 Å². The summed E-state index contributed by atoms with van der Waals surface area (Å²) in [6, 6.07) is 7.50. The van der Waals surface area contributed by atoms with Gasteiger partial charge in [-0.05, 0) is 44.9 Å². The zero-order valence-corrected chi connectivity index (χ0v) is 15.2. The number of rotatable bonds is 7. The number of aromatic nitrogens is 2. The number of nitrogens with zero attached hydrogens (tertiary/aromatic N) is 2. The molecule has 0 fully saturated rings. The van der Waals surface area contributed by atoms with E-state index in [1.165, 1.54) is 0 Å². The summed E-state index contributed by atoms with van der Waals surface area (Å²) in [5.41, 5.74) is 3.93. The highest BCUT2D eigenvalue weighted by Gasteiger charge is 2.05. The lowest BCUT2D eigenvalue weighted by molar-refractivity contribution is 0.252. The first kappa shape index (κ1) is 18.5. The van der Waals surface area contributed by atoms with Crippen LogP contribution in [-0.4, -0.2) is 35.6 Å². The molecule has 0 atom stereocenters. The standard InChI is InChI=1S/C18H26N6O/c1-5-19-17-22-13(3)11-16(24-17)20-9-10-21-18(25)23-15-8-6-7-12(2)14(15)4/h6-8,11H,5,9-10H2,1-4H3,(H2,21,23,25)(H2,19,20,22,24). The maximum Gasteiger partial charge on any atom is 0.319 e. The van der Waals surface area contributed by atoms with Gasteiger partial charge in [0.25, 0.3) is 0 Å². The Morgan fingerprint density at radius 3 is 2.64 bits per heavy atom. The van der Waals surface area contributed by atoms with Crippen molar-refractivity contribution in [2.24, 2.45) is 0 Å². The lowest BCUT2D eigenvalue weighted by atomic mass is 10.1. The van der Waals surface area contributed by atoms with Gasteiger partial charge in [0.1, 0.15) is 5.82 Å². The van der Waals surface area contributed by atoms with E-state index in [1.807, 2.05) is 52.0 Å². The molecule has 2 amide bonds. The molecule has 2 rings (SSSR count). The number of hydrogen-bond donors (Lipinski definition) is 4. The minimum absolute atomic E-state index is 0.220. The predicted molar refractivity (Wildman–Crippen MR) is 102 cm³/mol. The number of carbonyl (C=O) groups is 1. The molecule has 1 aromatic heterocycles. The summed E-state index contributed by atoms with van der Waals surface area (Å²) in [4.78, 5) is 20.7. The molecule has 134 valence electrons. The molecule has 0 radical (unpaired) electrons. The number of amides is 2. The number of aryl methyl sites for hydroxylation is 2. The Morgan fingerprint density at radius 2 is 1.88 bits per heavy atom. The Labute approximate surface area is 148 Å². The highest BCUT2D eigenvalue weighted by molar-refractivity contribution is 5.90. The van der Waals surface area contributed by atoms with E-state index < -0.39 is 0 Å². The van der Waals surface area contributed by atoms with Crippen molar-refractivity contribution >= 4 is 23.5 Å². The van der Waals surface area contributed by atoms with Gasteiger partial charge >= 0.3 is 6.03 Å². The second-order valence-electron chi connectivity index (χ2n) is 5.80. The minimum atomic E-state index is -0.220. The zero-order chi connectivity index (χ0) is 18.2. The normalized spacial score (nSPS) is 10.2. The van der Waals surface area contributed by atoms with Gasteiger partial charge in [0.15, 0.2) is 0 Å². The molecule has 4 N–H and O–H groups in total. The van der Waals surface area contributed by atoms with Crippen LogP contribution in [0.2, 0.25) is 0 Å². The topological polar surface area (TPSA) is 91.0 Å². The highest BCUT2D eigenvalue weighted by Crippen LogP contribution is 2.17. The van der Waals surface area contributed by atoms with Gasteiger partial charge < -0.3 is 21.3 Å². The molecule has 7 nitrogen and oxygen atoms in total. The van der Waals surface area contributed by atoms with Crippen molar-refractivity contribution in [1.82, 2.24) is 15.3 Å². The van der Waals surface area contributed by atoms with E-state index in [0.717, 1.165) is 34.9 Å². The van der Waals surface area contributed by atoms with Crippen LogP contribution in [0.1, 0.15) is 23.7 Å². The van der Waals surface area contributed by atoms with Gasteiger partial charge in [-0.1, -0.05) is 12.1 Å². The van der Waals surface area contributed by atoms with Crippen LogP contribution in [0, 0.1) is 20.8 Å². The van der Waals surface area contributed by atoms with Gasteiger partial charge in [0.2, 0.25) is 5.95 Å². The van der Waals surface area contributed by atoms with Crippen molar-refractivity contribution in [3.63, 3.8) is 0 Å². The lowest BCUT2D eigenvalue weighted by Crippen LogP contribution is -2.33. The lowest BCUT2D eigenvalue weighted by Gasteiger charge is -2.12. The van der Waals surface area contributed by atoms with E-state index in [4.69, 9.17) is 0 Å². The van der Waals surface area contributed by atoms with E-state index in [0.29, 0.717) is 19.0 Å². The summed E-state index contributed by atoms with van der Waals surface area (Å²) in [7, 11) is 0. The summed E-state index contributed by atoms with van der Waals surface area (Å²) in [6.45, 7) is 9.75. The van der Waals surface area contributed by atoms with Crippen molar-refractivity contribution < 1.29 is 4.79 Å². The summed E-state index contributed by atoms with van der Waals surface area (Å²) in [5.74, 6) is 1.34. The SMILES string of the molecule is CCNc1nc(C)cc(NCCNC(=O)Nc2cccc(C)c2C)n1. The fourth-order valence-electron chi connectivity index (χ4n) is 2.32. The summed E-state index contributed by atoms with van der Waals surface area (Å²) < 4.78 is 0. The van der Waals surface area contributed by atoms with E-state index in [9.17, 15) is 4.79 Å². The Hall–Kier alpha value is -2.83. The molecule has 0 aliphatic carbocycles. The summed E-state index contributed by atoms with van der Waals surface area (Å²) >= 11 is 0. The van der Waals surface area contributed by atoms with Crippen LogP contribution < -0.4 is 21.3 Å². The van der Waals surface area contributed by atoms with Crippen LogP contribution in [0.5, 0.6) is 0 Å². The smallest absolute Gasteiger partial charge is 0.319 e. The molecule has 0 saturated carbocycles. The molecular weight excluding hydrogens is 316 g/mol. The summed E-state index contributed by atoms with van der Waals surface area (Å²) in [6.07, 6.45) is 0. The fraction of sp³-hybridized carbons (Fsp3) is 0.389. The second kappa shape index (κ2) is 8.86. The van der Waals surface area contributed by atoms with Gasteiger partial charge in [-0.25, -0.2) is 9.78 Å². The molecule has 1 aromatic carbocycles. The number of carbonyl (C=O) groups excluding carboxylic acids is 1. The molecule has 1 heterocycles. The quantitative estimate of drug-likeness (QED) is 0.581. The van der Waals surface area contributed by atoms with E-state index in [2.05, 4.69) is 31.2 Å². The highest BCUT2D eigenvalue weighted by atomic mass is 16.2. The largest absolute Gasteiger partial charge is 0.368 e. The number of benzene rings is 1. The molecule has 2 aromatic rings. The zero-order valence-electron chi connectivity index (χ0n) is 15.2. The third-order valence-electron chi connectivity index (χ3n) is 3.76. The van der Waals surface area contributed by atoms with E-state index in [1.54, 1.807) is 0 Å². The maximum absolute atomic E-state index is 12.0. The molecule has 0 unspecified atom stereocenters. The predicted octanol–water partition coefficient (Wildman–Crippen LogP) is 3.07. The van der Waals surface area contributed by atoms with Crippen molar-refractivity contribution in [3.8, 4) is 0 Å². The van der Waals surface area contributed by atoms with Crippen molar-refractivity contribution in [3.05, 3.63) is 41.1 Å². The van der Waals surface area contributed by atoms with E-state index >= 15 is 0 Å². The molecule has 0 spiro atoms. The fourth-order valence-corrected chi connectivity index (χ4v) is 2.32. The van der Waals surface area contributed by atoms with Gasteiger partial charge in [-0.3, -0.25) is 0 Å². The molecule has 0 aliphatic rings. The van der Waals surface area contributed by atoms with Crippen LogP contribution in [0.25, 0.3) is 0 Å². The Bertz CT molecular complexity index is 732. The average Bonchev–Trinajstić information content (AvgIpc) is 2.56. The van der Waals surface area contributed by atoms with Crippen molar-refractivity contribution in [2.75, 3.05) is 35.6 Å². The van der Waals surface area contributed by atoms with Crippen LogP contribution in [0.4, 0.5) is 22.2 Å². The van der Waals surface area contributed by atoms with Crippen LogP contribution in [-0.2, 0) is 0 Å². The van der Waals surface area contributed by atoms with Gasteiger partial charge in [-0.2, -0.15) is 4.98 Å². The Kier molecular flexibility index (Phi) is 6.56. The van der Waals surface area contributed by atoms with Gasteiger partial charge in [0, 0.05) is 37.1 Å². The monoisotopic (exact) mass is 342 g/mol. The van der Waals surface area contributed by atoms with Gasteiger partial charge in [0.05, 0.1) is 0 Å². The minimum Gasteiger partial charge on any atom is -0.368 e. The Morgan fingerprint density at radius 1 is 1.08 bits per heavy atom. The second-order valence-corrected chi connectivity index (χ2v) is 5.80. The van der Waals surface area contributed by atoms with Crippen LogP contribution in [0.3, 0.4) is 0 Å². The van der Waals surface area contributed by atoms with Crippen LogP contribution in [0.15, 0.2) is 24.3 Å². The maximum atomic E-state index is 12.0. The number of urea groups is 1. The molecule has 25 heavy (non-hydrogen) atoms. The molecule has 0 bridgehead atoms. The average molecular weight is 342 g/mol. The molecule has 0 saturated heterocycles. The summed E-state index contributed by atoms with van der Waals surface area (Å²) in [5, 5.41) is 12.0. The first-order valence-electron chi connectivity index (χ1n) is 8.44. The third kappa shape index (κ3) is 5.63. The first-order chi connectivity index (χ1) is 12.0. The number of nitrogens with one attached hydrogen (secondary N) is 4. The molecular formula is C18H26N6O. The molecule has 7 heteroatoms. The third-order valence-corrected chi connectivity index (χ3v) is 3.76. The molecule has 0 aliphatic heterocycles. The van der Waals surface area contributed by atoms with E-state index in [-0.39, 0.29) is 6.03 Å². The Balaban J connectivity index is 1.79. The van der Waals surface area contributed by atoms with Crippen molar-refractivity contribution in [2.45, 2.75) is 27.7 Å².